The third-order valence-electron chi connectivity index (χ3n) is 5.38. The van der Waals surface area contributed by atoms with E-state index < -0.39 is 0 Å². The topological polar surface area (TPSA) is 89.2 Å². The highest BCUT2D eigenvalue weighted by Gasteiger charge is 2.22. The van der Waals surface area contributed by atoms with Crippen LogP contribution in [0.4, 0.5) is 5.69 Å². The first kappa shape index (κ1) is 21.5. The number of benzene rings is 2. The SMILES string of the molecule is COc1ccc(NC(N)=NCC(=O)N2CCC(Cc3ccccc3)CC2)cc1OC. The number of carbonyl (C=O) groups is 1. The summed E-state index contributed by atoms with van der Waals surface area (Å²) >= 11 is 0. The average Bonchev–Trinajstić information content (AvgIpc) is 2.78. The van der Waals surface area contributed by atoms with Crippen molar-refractivity contribution in [2.24, 2.45) is 16.6 Å². The Hall–Kier alpha value is -3.22. The molecule has 3 rings (SSSR count). The van der Waals surface area contributed by atoms with Crippen molar-refractivity contribution in [2.75, 3.05) is 39.2 Å². The minimum atomic E-state index is 0.00484. The number of carbonyl (C=O) groups excluding carboxylic acids is 1. The number of amides is 1. The molecule has 7 nitrogen and oxygen atoms in total. The van der Waals surface area contributed by atoms with Gasteiger partial charge in [-0.05, 0) is 42.9 Å². The number of aliphatic imine (C=N–C) groups is 1. The molecule has 1 saturated heterocycles. The van der Waals surface area contributed by atoms with Gasteiger partial charge in [0.15, 0.2) is 17.5 Å². The van der Waals surface area contributed by atoms with Crippen LogP contribution in [0.5, 0.6) is 11.5 Å². The number of likely N-dealkylation sites (tertiary alicyclic amines) is 1. The van der Waals surface area contributed by atoms with Gasteiger partial charge in [0.1, 0.15) is 6.54 Å². The molecule has 0 bridgehead atoms. The Balaban J connectivity index is 1.46. The van der Waals surface area contributed by atoms with Gasteiger partial charge in [0.25, 0.3) is 0 Å². The Morgan fingerprint density at radius 2 is 1.80 bits per heavy atom. The standard InChI is InChI=1S/C23H30N4O3/c1-29-20-9-8-19(15-21(20)30-2)26-23(24)25-16-22(28)27-12-10-18(11-13-27)14-17-6-4-3-5-7-17/h3-9,15,18H,10-14,16H2,1-2H3,(H3,24,25,26). The molecule has 0 unspecified atom stereocenters. The van der Waals surface area contributed by atoms with Gasteiger partial charge in [-0.1, -0.05) is 30.3 Å². The van der Waals surface area contributed by atoms with Crippen molar-refractivity contribution >= 4 is 17.6 Å². The molecular weight excluding hydrogens is 380 g/mol. The van der Waals surface area contributed by atoms with Gasteiger partial charge in [0.2, 0.25) is 5.91 Å². The normalized spacial score (nSPS) is 15.0. The van der Waals surface area contributed by atoms with Crippen LogP contribution in [0, 0.1) is 5.92 Å². The summed E-state index contributed by atoms with van der Waals surface area (Å²) in [5.41, 5.74) is 8.02. The number of hydrogen-bond donors (Lipinski definition) is 2. The second kappa shape index (κ2) is 10.5. The van der Waals surface area contributed by atoms with Crippen molar-refractivity contribution in [3.05, 3.63) is 54.1 Å². The van der Waals surface area contributed by atoms with Crippen LogP contribution in [0.1, 0.15) is 18.4 Å². The Morgan fingerprint density at radius 3 is 2.47 bits per heavy atom. The molecule has 0 aromatic heterocycles. The zero-order valence-electron chi connectivity index (χ0n) is 17.6. The van der Waals surface area contributed by atoms with Gasteiger partial charge >= 0.3 is 0 Å². The van der Waals surface area contributed by atoms with E-state index in [1.165, 1.54) is 5.56 Å². The molecule has 1 aliphatic heterocycles. The van der Waals surface area contributed by atoms with Gasteiger partial charge in [-0.2, -0.15) is 0 Å². The summed E-state index contributed by atoms with van der Waals surface area (Å²) < 4.78 is 10.5. The van der Waals surface area contributed by atoms with Crippen LogP contribution in [0.2, 0.25) is 0 Å². The lowest BCUT2D eigenvalue weighted by Gasteiger charge is -2.31. The molecule has 0 radical (unpaired) electrons. The number of hydrogen-bond acceptors (Lipinski definition) is 4. The Bertz CT molecular complexity index is 862. The van der Waals surface area contributed by atoms with Crippen molar-refractivity contribution in [1.82, 2.24) is 4.90 Å². The fourth-order valence-electron chi connectivity index (χ4n) is 3.69. The zero-order chi connectivity index (χ0) is 21.3. The van der Waals surface area contributed by atoms with E-state index in [1.807, 2.05) is 17.0 Å². The molecule has 2 aromatic carbocycles. The molecular formula is C23H30N4O3. The van der Waals surface area contributed by atoms with Crippen LogP contribution < -0.4 is 20.5 Å². The number of guanidine groups is 1. The number of piperidine rings is 1. The van der Waals surface area contributed by atoms with Crippen molar-refractivity contribution < 1.29 is 14.3 Å². The number of nitrogens with one attached hydrogen (secondary N) is 1. The lowest BCUT2D eigenvalue weighted by atomic mass is 9.90. The highest BCUT2D eigenvalue weighted by molar-refractivity contribution is 5.94. The minimum Gasteiger partial charge on any atom is -0.493 e. The predicted octanol–water partition coefficient (Wildman–Crippen LogP) is 2.91. The molecule has 1 aliphatic rings. The van der Waals surface area contributed by atoms with Gasteiger partial charge in [-0.25, -0.2) is 4.99 Å². The molecule has 0 atom stereocenters. The highest BCUT2D eigenvalue weighted by Crippen LogP contribution is 2.29. The van der Waals surface area contributed by atoms with Gasteiger partial charge in [-0.3, -0.25) is 4.79 Å². The maximum absolute atomic E-state index is 12.5. The fourth-order valence-corrected chi connectivity index (χ4v) is 3.69. The lowest BCUT2D eigenvalue weighted by Crippen LogP contribution is -2.40. The summed E-state index contributed by atoms with van der Waals surface area (Å²) in [6.45, 7) is 1.58. The second-order valence-electron chi connectivity index (χ2n) is 7.41. The van der Waals surface area contributed by atoms with E-state index in [4.69, 9.17) is 15.2 Å². The molecule has 3 N–H and O–H groups in total. The highest BCUT2D eigenvalue weighted by atomic mass is 16.5. The maximum Gasteiger partial charge on any atom is 0.244 e. The van der Waals surface area contributed by atoms with Crippen LogP contribution in [-0.2, 0) is 11.2 Å². The smallest absolute Gasteiger partial charge is 0.244 e. The third kappa shape index (κ3) is 5.89. The largest absolute Gasteiger partial charge is 0.493 e. The second-order valence-corrected chi connectivity index (χ2v) is 7.41. The van der Waals surface area contributed by atoms with Crippen molar-refractivity contribution in [2.45, 2.75) is 19.3 Å². The van der Waals surface area contributed by atoms with Crippen molar-refractivity contribution in [1.29, 1.82) is 0 Å². The van der Waals surface area contributed by atoms with Crippen LogP contribution in [-0.4, -0.2) is 50.6 Å². The molecule has 30 heavy (non-hydrogen) atoms. The first-order valence-electron chi connectivity index (χ1n) is 10.2. The molecule has 7 heteroatoms. The van der Waals surface area contributed by atoms with Crippen molar-refractivity contribution in [3.63, 3.8) is 0 Å². The molecule has 0 spiro atoms. The van der Waals surface area contributed by atoms with E-state index in [2.05, 4.69) is 34.6 Å². The molecule has 1 heterocycles. The number of anilines is 1. The number of ether oxygens (including phenoxy) is 2. The van der Waals surface area contributed by atoms with Gasteiger partial charge < -0.3 is 25.4 Å². The molecule has 2 aromatic rings. The van der Waals surface area contributed by atoms with Crippen LogP contribution in [0.25, 0.3) is 0 Å². The quantitative estimate of drug-likeness (QED) is 0.541. The lowest BCUT2D eigenvalue weighted by molar-refractivity contribution is -0.130. The molecule has 0 saturated carbocycles. The summed E-state index contributed by atoms with van der Waals surface area (Å²) in [6, 6.07) is 15.9. The Labute approximate surface area is 177 Å². The Morgan fingerprint density at radius 1 is 1.10 bits per heavy atom. The predicted molar refractivity (Wildman–Crippen MR) is 119 cm³/mol. The van der Waals surface area contributed by atoms with Gasteiger partial charge in [0, 0.05) is 24.8 Å². The van der Waals surface area contributed by atoms with Gasteiger partial charge in [-0.15, -0.1) is 0 Å². The van der Waals surface area contributed by atoms with Crippen LogP contribution in [0.3, 0.4) is 0 Å². The monoisotopic (exact) mass is 410 g/mol. The van der Waals surface area contributed by atoms with E-state index in [9.17, 15) is 4.79 Å². The van der Waals surface area contributed by atoms with Gasteiger partial charge in [0.05, 0.1) is 14.2 Å². The van der Waals surface area contributed by atoms with E-state index in [0.29, 0.717) is 23.1 Å². The summed E-state index contributed by atoms with van der Waals surface area (Å²) in [5.74, 6) is 2.03. The van der Waals surface area contributed by atoms with E-state index in [0.717, 1.165) is 32.4 Å². The average molecular weight is 411 g/mol. The first-order valence-corrected chi connectivity index (χ1v) is 10.2. The first-order chi connectivity index (χ1) is 14.6. The number of methoxy groups -OCH3 is 2. The summed E-state index contributed by atoms with van der Waals surface area (Å²) in [5, 5.41) is 2.98. The van der Waals surface area contributed by atoms with E-state index in [1.54, 1.807) is 26.4 Å². The molecule has 1 amide bonds. The van der Waals surface area contributed by atoms with Crippen LogP contribution in [0.15, 0.2) is 53.5 Å². The maximum atomic E-state index is 12.5. The van der Waals surface area contributed by atoms with E-state index >= 15 is 0 Å². The molecule has 1 fully saturated rings. The summed E-state index contributed by atoms with van der Waals surface area (Å²) in [4.78, 5) is 18.6. The Kier molecular flexibility index (Phi) is 7.54. The van der Waals surface area contributed by atoms with Crippen LogP contribution >= 0.6 is 0 Å². The number of nitrogens with zero attached hydrogens (tertiary/aromatic N) is 2. The molecule has 160 valence electrons. The number of nitrogens with two attached hydrogens (primary N) is 1. The zero-order valence-corrected chi connectivity index (χ0v) is 17.6. The minimum absolute atomic E-state index is 0.00484. The molecule has 0 aliphatic carbocycles. The van der Waals surface area contributed by atoms with Crippen molar-refractivity contribution in [3.8, 4) is 11.5 Å². The fraction of sp³-hybridized carbons (Fsp3) is 0.391. The number of rotatable bonds is 7. The summed E-state index contributed by atoms with van der Waals surface area (Å²) in [7, 11) is 3.15. The van der Waals surface area contributed by atoms with E-state index in [-0.39, 0.29) is 18.4 Å². The summed E-state index contributed by atoms with van der Waals surface area (Å²) in [6.07, 6.45) is 3.11. The third-order valence-corrected chi connectivity index (χ3v) is 5.38.